The molecular weight excluding hydrogens is 212 g/mol. The normalized spacial score (nSPS) is 10.7. The molecule has 0 aliphatic rings. The second-order valence-electron chi connectivity index (χ2n) is 3.73. The molecule has 0 bridgehead atoms. The van der Waals surface area contributed by atoms with Gasteiger partial charge in [0.25, 0.3) is 0 Å². The largest absolute Gasteiger partial charge is 0.497 e. The standard InChI is InChI=1S/C14H14N2O/c1-11-6-7-14(15-9-11)16-10-12-4-3-5-13(8-12)17-2/h3-10H,1-2H3. The van der Waals surface area contributed by atoms with Crippen LogP contribution in [0.4, 0.5) is 5.82 Å². The Bertz CT molecular complexity index is 518. The van der Waals surface area contributed by atoms with Gasteiger partial charge in [0.15, 0.2) is 5.82 Å². The number of rotatable bonds is 3. The van der Waals surface area contributed by atoms with E-state index in [0.29, 0.717) is 5.82 Å². The van der Waals surface area contributed by atoms with Gasteiger partial charge in [0.2, 0.25) is 0 Å². The fourth-order valence-electron chi connectivity index (χ4n) is 1.40. The van der Waals surface area contributed by atoms with Crippen molar-refractivity contribution in [3.63, 3.8) is 0 Å². The minimum absolute atomic E-state index is 0.707. The van der Waals surface area contributed by atoms with Crippen LogP contribution in [0.2, 0.25) is 0 Å². The van der Waals surface area contributed by atoms with Crippen molar-refractivity contribution in [2.45, 2.75) is 6.92 Å². The van der Waals surface area contributed by atoms with Crippen LogP contribution in [0, 0.1) is 6.92 Å². The highest BCUT2D eigenvalue weighted by atomic mass is 16.5. The second-order valence-corrected chi connectivity index (χ2v) is 3.73. The van der Waals surface area contributed by atoms with Crippen LogP contribution >= 0.6 is 0 Å². The van der Waals surface area contributed by atoms with Gasteiger partial charge < -0.3 is 4.74 Å². The molecule has 1 heterocycles. The lowest BCUT2D eigenvalue weighted by atomic mass is 10.2. The predicted molar refractivity (Wildman–Crippen MR) is 69.2 cm³/mol. The summed E-state index contributed by atoms with van der Waals surface area (Å²) >= 11 is 0. The monoisotopic (exact) mass is 226 g/mol. The van der Waals surface area contributed by atoms with Gasteiger partial charge in [-0.1, -0.05) is 18.2 Å². The van der Waals surface area contributed by atoms with E-state index in [9.17, 15) is 0 Å². The molecule has 0 aliphatic heterocycles. The molecule has 2 rings (SSSR count). The maximum Gasteiger partial charge on any atom is 0.151 e. The summed E-state index contributed by atoms with van der Waals surface area (Å²) in [6, 6.07) is 11.6. The Morgan fingerprint density at radius 3 is 2.82 bits per heavy atom. The quantitative estimate of drug-likeness (QED) is 0.753. The van der Waals surface area contributed by atoms with E-state index in [1.54, 1.807) is 19.5 Å². The molecular formula is C14H14N2O. The first-order valence-electron chi connectivity index (χ1n) is 5.39. The van der Waals surface area contributed by atoms with Crippen LogP contribution in [0.25, 0.3) is 0 Å². The van der Waals surface area contributed by atoms with Crippen LogP contribution in [0.3, 0.4) is 0 Å². The van der Waals surface area contributed by atoms with Gasteiger partial charge in [-0.05, 0) is 36.2 Å². The first-order valence-corrected chi connectivity index (χ1v) is 5.39. The van der Waals surface area contributed by atoms with E-state index in [2.05, 4.69) is 9.98 Å². The second kappa shape index (κ2) is 5.25. The molecule has 86 valence electrons. The molecule has 0 aliphatic carbocycles. The Hall–Kier alpha value is -2.16. The van der Waals surface area contributed by atoms with Crippen LogP contribution in [0.5, 0.6) is 5.75 Å². The van der Waals surface area contributed by atoms with E-state index in [4.69, 9.17) is 4.74 Å². The van der Waals surface area contributed by atoms with Gasteiger partial charge in [-0.15, -0.1) is 0 Å². The molecule has 0 saturated carbocycles. The van der Waals surface area contributed by atoms with Crippen molar-refractivity contribution in [2.75, 3.05) is 7.11 Å². The summed E-state index contributed by atoms with van der Waals surface area (Å²) in [5.41, 5.74) is 2.12. The third-order valence-electron chi connectivity index (χ3n) is 2.34. The lowest BCUT2D eigenvalue weighted by molar-refractivity contribution is 0.415. The van der Waals surface area contributed by atoms with Gasteiger partial charge in [-0.3, -0.25) is 0 Å². The Balaban J connectivity index is 2.16. The molecule has 17 heavy (non-hydrogen) atoms. The SMILES string of the molecule is COc1cccc(C=Nc2ccc(C)cn2)c1. The Morgan fingerprint density at radius 2 is 2.12 bits per heavy atom. The molecule has 0 atom stereocenters. The van der Waals surface area contributed by atoms with Gasteiger partial charge in [0.05, 0.1) is 7.11 Å². The number of benzene rings is 1. The first-order chi connectivity index (χ1) is 8.28. The third kappa shape index (κ3) is 3.14. The van der Waals surface area contributed by atoms with Crippen molar-refractivity contribution in [3.05, 3.63) is 53.7 Å². The molecule has 0 amide bonds. The molecule has 2 aromatic rings. The Labute approximate surface area is 101 Å². The molecule has 3 heteroatoms. The molecule has 0 saturated heterocycles. The van der Waals surface area contributed by atoms with Crippen LogP contribution in [0.15, 0.2) is 47.6 Å². The number of nitrogens with zero attached hydrogens (tertiary/aromatic N) is 2. The third-order valence-corrected chi connectivity index (χ3v) is 2.34. The van der Waals surface area contributed by atoms with Crippen LogP contribution in [0.1, 0.15) is 11.1 Å². The van der Waals surface area contributed by atoms with Gasteiger partial charge in [0.1, 0.15) is 5.75 Å². The first kappa shape index (κ1) is 11.3. The van der Waals surface area contributed by atoms with Gasteiger partial charge >= 0.3 is 0 Å². The van der Waals surface area contributed by atoms with Gasteiger partial charge in [-0.25, -0.2) is 9.98 Å². The number of hydrogen-bond donors (Lipinski definition) is 0. The summed E-state index contributed by atoms with van der Waals surface area (Å²) in [5.74, 6) is 1.53. The van der Waals surface area contributed by atoms with Crippen molar-refractivity contribution in [3.8, 4) is 5.75 Å². The Morgan fingerprint density at radius 1 is 1.24 bits per heavy atom. The maximum absolute atomic E-state index is 5.15. The molecule has 1 aromatic carbocycles. The van der Waals surface area contributed by atoms with E-state index >= 15 is 0 Å². The average Bonchev–Trinajstić information content (AvgIpc) is 2.38. The molecule has 0 fully saturated rings. The van der Waals surface area contributed by atoms with Crippen molar-refractivity contribution in [1.82, 2.24) is 4.98 Å². The predicted octanol–water partition coefficient (Wildman–Crippen LogP) is 3.15. The smallest absolute Gasteiger partial charge is 0.151 e. The fraction of sp³-hybridized carbons (Fsp3) is 0.143. The molecule has 1 aromatic heterocycles. The van der Waals surface area contributed by atoms with Crippen molar-refractivity contribution in [1.29, 1.82) is 0 Å². The van der Waals surface area contributed by atoms with Gasteiger partial charge in [-0.2, -0.15) is 0 Å². The molecule has 3 nitrogen and oxygen atoms in total. The topological polar surface area (TPSA) is 34.5 Å². The number of aliphatic imine (C=N–C) groups is 1. The molecule has 0 spiro atoms. The van der Waals surface area contributed by atoms with Crippen LogP contribution in [-0.2, 0) is 0 Å². The lowest BCUT2D eigenvalue weighted by Gasteiger charge is -1.99. The van der Waals surface area contributed by atoms with E-state index < -0.39 is 0 Å². The zero-order chi connectivity index (χ0) is 12.1. The number of hydrogen-bond acceptors (Lipinski definition) is 3. The Kier molecular flexibility index (Phi) is 3.50. The van der Waals surface area contributed by atoms with E-state index in [0.717, 1.165) is 16.9 Å². The lowest BCUT2D eigenvalue weighted by Crippen LogP contribution is -1.85. The molecule has 0 N–H and O–H groups in total. The molecule has 0 unspecified atom stereocenters. The summed E-state index contributed by atoms with van der Waals surface area (Å²) in [7, 11) is 1.65. The summed E-state index contributed by atoms with van der Waals surface area (Å²) in [4.78, 5) is 8.51. The van der Waals surface area contributed by atoms with Crippen molar-refractivity contribution >= 4 is 12.0 Å². The minimum Gasteiger partial charge on any atom is -0.497 e. The highest BCUT2D eigenvalue weighted by Gasteiger charge is 1.93. The maximum atomic E-state index is 5.15. The summed E-state index contributed by atoms with van der Waals surface area (Å²) in [6.07, 6.45) is 3.58. The van der Waals surface area contributed by atoms with Gasteiger partial charge in [0, 0.05) is 12.4 Å². The zero-order valence-electron chi connectivity index (χ0n) is 9.92. The minimum atomic E-state index is 0.707. The average molecular weight is 226 g/mol. The fourth-order valence-corrected chi connectivity index (χ4v) is 1.40. The number of aryl methyl sites for hydroxylation is 1. The molecule has 0 radical (unpaired) electrons. The van der Waals surface area contributed by atoms with E-state index in [1.807, 2.05) is 43.3 Å². The van der Waals surface area contributed by atoms with E-state index in [-0.39, 0.29) is 0 Å². The number of ether oxygens (including phenoxy) is 1. The summed E-state index contributed by atoms with van der Waals surface area (Å²) in [5, 5.41) is 0. The van der Waals surface area contributed by atoms with E-state index in [1.165, 1.54) is 0 Å². The van der Waals surface area contributed by atoms with Crippen molar-refractivity contribution < 1.29 is 4.74 Å². The van der Waals surface area contributed by atoms with Crippen LogP contribution in [-0.4, -0.2) is 18.3 Å². The highest BCUT2D eigenvalue weighted by molar-refractivity contribution is 5.82. The summed E-state index contributed by atoms with van der Waals surface area (Å²) < 4.78 is 5.15. The number of aromatic nitrogens is 1. The zero-order valence-corrected chi connectivity index (χ0v) is 9.92. The van der Waals surface area contributed by atoms with Crippen molar-refractivity contribution in [2.24, 2.45) is 4.99 Å². The number of pyridine rings is 1. The van der Waals surface area contributed by atoms with Crippen LogP contribution < -0.4 is 4.74 Å². The number of methoxy groups -OCH3 is 1. The summed E-state index contributed by atoms with van der Waals surface area (Å²) in [6.45, 7) is 2.00. The highest BCUT2D eigenvalue weighted by Crippen LogP contribution is 2.12.